The second kappa shape index (κ2) is 9.50. The minimum absolute atomic E-state index is 0.199. The summed E-state index contributed by atoms with van der Waals surface area (Å²) in [6.07, 6.45) is 2.64. The fourth-order valence-electron chi connectivity index (χ4n) is 0.885. The smallest absolute Gasteiger partial charge is 0.0645 e. The van der Waals surface area contributed by atoms with Crippen molar-refractivity contribution in [2.75, 3.05) is 19.8 Å². The lowest BCUT2D eigenvalue weighted by atomic mass is 10.3. The molecule has 0 aliphatic heterocycles. The van der Waals surface area contributed by atoms with Crippen LogP contribution < -0.4 is 0 Å². The van der Waals surface area contributed by atoms with E-state index in [0.29, 0.717) is 13.0 Å². The Kier molecular flexibility index (Phi) is 9.07. The molecule has 1 unspecified atom stereocenters. The lowest BCUT2D eigenvalue weighted by Gasteiger charge is -2.11. The summed E-state index contributed by atoms with van der Waals surface area (Å²) in [5, 5.41) is 8.27. The Morgan fingerprint density at radius 1 is 1.31 bits per heavy atom. The third-order valence-corrected chi connectivity index (χ3v) is 1.63. The number of ether oxygens (including phenoxy) is 2. The van der Waals surface area contributed by atoms with Crippen LogP contribution in [0.4, 0.5) is 0 Å². The van der Waals surface area contributed by atoms with Crippen LogP contribution in [0, 0.1) is 11.3 Å². The van der Waals surface area contributed by atoms with E-state index in [0.717, 1.165) is 26.1 Å². The number of nitriles is 1. The Morgan fingerprint density at radius 2 is 2.08 bits per heavy atom. The van der Waals surface area contributed by atoms with E-state index in [2.05, 4.69) is 6.92 Å². The Hall–Kier alpha value is -0.590. The van der Waals surface area contributed by atoms with Gasteiger partial charge in [-0.3, -0.25) is 0 Å². The second-order valence-electron chi connectivity index (χ2n) is 2.99. The molecule has 0 saturated carbocycles. The molecule has 3 nitrogen and oxygen atoms in total. The van der Waals surface area contributed by atoms with E-state index in [1.54, 1.807) is 0 Å². The first-order chi connectivity index (χ1) is 6.31. The molecule has 0 aliphatic rings. The Balaban J connectivity index is 3.11. The highest BCUT2D eigenvalue weighted by atomic mass is 16.5. The van der Waals surface area contributed by atoms with Crippen molar-refractivity contribution in [3.05, 3.63) is 0 Å². The van der Waals surface area contributed by atoms with Gasteiger partial charge in [-0.2, -0.15) is 5.26 Å². The highest BCUT2D eigenvalue weighted by Crippen LogP contribution is 1.98. The van der Waals surface area contributed by atoms with E-state index >= 15 is 0 Å². The zero-order valence-corrected chi connectivity index (χ0v) is 8.58. The van der Waals surface area contributed by atoms with E-state index in [9.17, 15) is 0 Å². The average Bonchev–Trinajstić information content (AvgIpc) is 2.13. The van der Waals surface area contributed by atoms with Gasteiger partial charge in [0.25, 0.3) is 0 Å². The van der Waals surface area contributed by atoms with Crippen LogP contribution in [0.15, 0.2) is 0 Å². The van der Waals surface area contributed by atoms with Gasteiger partial charge in [0.1, 0.15) is 0 Å². The summed E-state index contributed by atoms with van der Waals surface area (Å²) in [6.45, 7) is 6.21. The van der Waals surface area contributed by atoms with Crippen molar-refractivity contribution in [1.29, 1.82) is 5.26 Å². The van der Waals surface area contributed by atoms with Crippen molar-refractivity contribution >= 4 is 0 Å². The van der Waals surface area contributed by atoms with Gasteiger partial charge in [-0.15, -0.1) is 0 Å². The van der Waals surface area contributed by atoms with Crippen molar-refractivity contribution in [2.45, 2.75) is 39.2 Å². The van der Waals surface area contributed by atoms with Gasteiger partial charge in [0, 0.05) is 13.2 Å². The van der Waals surface area contributed by atoms with E-state index < -0.39 is 0 Å². The topological polar surface area (TPSA) is 42.2 Å². The Morgan fingerprint density at radius 3 is 2.69 bits per heavy atom. The minimum Gasteiger partial charge on any atom is -0.381 e. The molecule has 0 bridgehead atoms. The van der Waals surface area contributed by atoms with Gasteiger partial charge >= 0.3 is 0 Å². The van der Waals surface area contributed by atoms with Crippen molar-refractivity contribution in [1.82, 2.24) is 0 Å². The third-order valence-electron chi connectivity index (χ3n) is 1.63. The summed E-state index contributed by atoms with van der Waals surface area (Å²) in [5.74, 6) is 0. The monoisotopic (exact) mass is 185 g/mol. The first kappa shape index (κ1) is 12.4. The second-order valence-corrected chi connectivity index (χ2v) is 2.99. The molecular weight excluding hydrogens is 166 g/mol. The molecule has 0 rings (SSSR count). The molecular formula is C10H19NO2. The number of hydrogen-bond donors (Lipinski definition) is 0. The third kappa shape index (κ3) is 9.32. The summed E-state index contributed by atoms with van der Waals surface area (Å²) >= 11 is 0. The van der Waals surface area contributed by atoms with Crippen molar-refractivity contribution < 1.29 is 9.47 Å². The zero-order chi connectivity index (χ0) is 9.94. The van der Waals surface area contributed by atoms with Gasteiger partial charge in [0.2, 0.25) is 0 Å². The highest BCUT2D eigenvalue weighted by molar-refractivity contribution is 4.67. The number of nitrogens with zero attached hydrogens (tertiary/aromatic N) is 1. The molecule has 0 radical (unpaired) electrons. The summed E-state index contributed by atoms with van der Waals surface area (Å²) < 4.78 is 10.7. The first-order valence-corrected chi connectivity index (χ1v) is 4.87. The summed E-state index contributed by atoms with van der Waals surface area (Å²) in [5.41, 5.74) is 0. The lowest BCUT2D eigenvalue weighted by Crippen LogP contribution is -2.12. The first-order valence-electron chi connectivity index (χ1n) is 4.87. The Bertz CT molecular complexity index is 142. The SMILES string of the molecule is CCCOCCC(C)OCCC#N. The molecule has 1 atom stereocenters. The van der Waals surface area contributed by atoms with Gasteiger partial charge < -0.3 is 9.47 Å². The van der Waals surface area contributed by atoms with Crippen LogP contribution in [0.2, 0.25) is 0 Å². The molecule has 0 amide bonds. The van der Waals surface area contributed by atoms with Gasteiger partial charge in [0.15, 0.2) is 0 Å². The average molecular weight is 185 g/mol. The predicted octanol–water partition coefficient (Wildman–Crippen LogP) is 2.12. The van der Waals surface area contributed by atoms with E-state index in [-0.39, 0.29) is 6.10 Å². The molecule has 0 spiro atoms. The molecule has 76 valence electrons. The Labute approximate surface area is 80.6 Å². The van der Waals surface area contributed by atoms with Crippen molar-refractivity contribution in [2.24, 2.45) is 0 Å². The molecule has 0 aromatic heterocycles. The minimum atomic E-state index is 0.199. The number of hydrogen-bond acceptors (Lipinski definition) is 3. The van der Waals surface area contributed by atoms with Crippen LogP contribution in [0.3, 0.4) is 0 Å². The largest absolute Gasteiger partial charge is 0.381 e. The van der Waals surface area contributed by atoms with Gasteiger partial charge in [-0.05, 0) is 19.8 Å². The maximum absolute atomic E-state index is 8.27. The van der Waals surface area contributed by atoms with Gasteiger partial charge in [-0.25, -0.2) is 0 Å². The molecule has 3 heteroatoms. The maximum atomic E-state index is 8.27. The zero-order valence-electron chi connectivity index (χ0n) is 8.58. The van der Waals surface area contributed by atoms with E-state index in [4.69, 9.17) is 14.7 Å². The molecule has 0 aromatic rings. The molecule has 0 fully saturated rings. The molecule has 0 aromatic carbocycles. The fourth-order valence-corrected chi connectivity index (χ4v) is 0.885. The van der Waals surface area contributed by atoms with E-state index in [1.807, 2.05) is 13.0 Å². The standard InChI is InChI=1S/C10H19NO2/c1-3-7-12-9-5-10(2)13-8-4-6-11/h10H,3-5,7-9H2,1-2H3. The predicted molar refractivity (Wildman–Crippen MR) is 51.4 cm³/mol. The van der Waals surface area contributed by atoms with Gasteiger partial charge in [-0.1, -0.05) is 6.92 Å². The van der Waals surface area contributed by atoms with E-state index in [1.165, 1.54) is 0 Å². The van der Waals surface area contributed by atoms with Crippen molar-refractivity contribution in [3.63, 3.8) is 0 Å². The summed E-state index contributed by atoms with van der Waals surface area (Å²) in [6, 6.07) is 2.04. The van der Waals surface area contributed by atoms with Crippen molar-refractivity contribution in [3.8, 4) is 6.07 Å². The molecule has 0 N–H and O–H groups in total. The van der Waals surface area contributed by atoms with Gasteiger partial charge in [0.05, 0.1) is 25.2 Å². The molecule has 0 saturated heterocycles. The summed E-state index contributed by atoms with van der Waals surface area (Å²) in [4.78, 5) is 0. The van der Waals surface area contributed by atoms with Crippen LogP contribution in [-0.2, 0) is 9.47 Å². The lowest BCUT2D eigenvalue weighted by molar-refractivity contribution is 0.0344. The molecule has 0 aliphatic carbocycles. The highest BCUT2D eigenvalue weighted by Gasteiger charge is 2.00. The quantitative estimate of drug-likeness (QED) is 0.544. The fraction of sp³-hybridized carbons (Fsp3) is 0.900. The van der Waals surface area contributed by atoms with Crippen LogP contribution in [0.25, 0.3) is 0 Å². The normalized spacial score (nSPS) is 12.4. The summed E-state index contributed by atoms with van der Waals surface area (Å²) in [7, 11) is 0. The van der Waals surface area contributed by atoms with Crippen LogP contribution in [0.5, 0.6) is 0 Å². The maximum Gasteiger partial charge on any atom is 0.0645 e. The molecule has 13 heavy (non-hydrogen) atoms. The number of rotatable bonds is 8. The van der Waals surface area contributed by atoms with Crippen LogP contribution >= 0.6 is 0 Å². The molecule has 0 heterocycles. The van der Waals surface area contributed by atoms with Crippen LogP contribution in [0.1, 0.15) is 33.1 Å². The van der Waals surface area contributed by atoms with Crippen LogP contribution in [-0.4, -0.2) is 25.9 Å².